The van der Waals surface area contributed by atoms with E-state index in [0.29, 0.717) is 22.4 Å². The van der Waals surface area contributed by atoms with Crippen molar-refractivity contribution >= 4 is 34.9 Å². The van der Waals surface area contributed by atoms with Crippen molar-refractivity contribution < 1.29 is 4.79 Å². The predicted octanol–water partition coefficient (Wildman–Crippen LogP) is 3.61. The van der Waals surface area contributed by atoms with Crippen LogP contribution in [-0.4, -0.2) is 20.5 Å². The number of nitrogens with zero attached hydrogens (tertiary/aromatic N) is 3. The summed E-state index contributed by atoms with van der Waals surface area (Å²) in [5, 5.41) is 8.57. The molecule has 1 aliphatic carbocycles. The highest BCUT2D eigenvalue weighted by atomic mass is 35.5. The first-order valence-corrected chi connectivity index (χ1v) is 7.78. The second kappa shape index (κ2) is 5.11. The molecule has 0 radical (unpaired) electrons. The van der Waals surface area contributed by atoms with Crippen LogP contribution in [0.3, 0.4) is 0 Å². The average Bonchev–Trinajstić information content (AvgIpc) is 2.94. The molecule has 4 rings (SSSR count). The third-order valence-electron chi connectivity index (χ3n) is 4.07. The first kappa shape index (κ1) is 13.8. The number of carbonyl (C=O) groups excluding carboxylic acids is 1. The summed E-state index contributed by atoms with van der Waals surface area (Å²) in [4.78, 5) is 16.7. The van der Waals surface area contributed by atoms with Gasteiger partial charge in [0.15, 0.2) is 5.78 Å². The lowest BCUT2D eigenvalue weighted by molar-refractivity contribution is -0.116. The fraction of sp³-hybridized carbons (Fsp3) is 0.267. The lowest BCUT2D eigenvalue weighted by atomic mass is 9.85. The van der Waals surface area contributed by atoms with Crippen molar-refractivity contribution in [3.05, 3.63) is 51.4 Å². The molecule has 5 nitrogen and oxygen atoms in total. The standard InChI is InChI=1S/C15H12Cl2N4O/c16-8-4-5-9(10(17)6-8)14-13-11(2-1-3-12(13)22)20-15-18-7-19-21(14)15/h4-7,14H,1-3H2,(H,18,19,20)/t14-/m1/s1. The predicted molar refractivity (Wildman–Crippen MR) is 84.1 cm³/mol. The third kappa shape index (κ3) is 2.04. The molecule has 0 bridgehead atoms. The number of rotatable bonds is 1. The van der Waals surface area contributed by atoms with E-state index in [1.807, 2.05) is 6.07 Å². The number of halogens is 2. The number of allylic oxidation sites excluding steroid dienone is 2. The molecule has 0 saturated heterocycles. The van der Waals surface area contributed by atoms with Gasteiger partial charge in [-0.25, -0.2) is 4.68 Å². The number of nitrogens with one attached hydrogen (secondary N) is 1. The molecule has 1 aromatic carbocycles. The Kier molecular flexibility index (Phi) is 3.20. The molecule has 7 heteroatoms. The van der Waals surface area contributed by atoms with Gasteiger partial charge in [0, 0.05) is 33.3 Å². The summed E-state index contributed by atoms with van der Waals surface area (Å²) in [6.45, 7) is 0. The Balaban J connectivity index is 1.95. The second-order valence-corrected chi connectivity index (χ2v) is 6.23. The molecule has 1 aromatic heterocycles. The van der Waals surface area contributed by atoms with Crippen LogP contribution in [0.15, 0.2) is 35.8 Å². The van der Waals surface area contributed by atoms with Crippen LogP contribution in [0.1, 0.15) is 30.9 Å². The minimum Gasteiger partial charge on any atom is -0.328 e. The van der Waals surface area contributed by atoms with Gasteiger partial charge in [0.1, 0.15) is 12.4 Å². The van der Waals surface area contributed by atoms with Crippen LogP contribution in [0, 0.1) is 0 Å². The molecule has 112 valence electrons. The van der Waals surface area contributed by atoms with E-state index in [2.05, 4.69) is 15.4 Å². The van der Waals surface area contributed by atoms with Crippen LogP contribution in [0.25, 0.3) is 0 Å². The van der Waals surface area contributed by atoms with Crippen LogP contribution in [0.2, 0.25) is 10.0 Å². The zero-order valence-electron chi connectivity index (χ0n) is 11.5. The van der Waals surface area contributed by atoms with Crippen LogP contribution >= 0.6 is 23.2 Å². The van der Waals surface area contributed by atoms with Gasteiger partial charge < -0.3 is 5.32 Å². The van der Waals surface area contributed by atoms with E-state index in [0.717, 1.165) is 29.7 Å². The highest BCUT2D eigenvalue weighted by molar-refractivity contribution is 6.35. The molecule has 2 aliphatic rings. The molecule has 0 amide bonds. The Hall–Kier alpha value is -1.85. The lowest BCUT2D eigenvalue weighted by Crippen LogP contribution is -2.31. The van der Waals surface area contributed by atoms with Gasteiger partial charge in [-0.15, -0.1) is 0 Å². The van der Waals surface area contributed by atoms with E-state index in [1.165, 1.54) is 6.33 Å². The van der Waals surface area contributed by atoms with Crippen LogP contribution in [0.5, 0.6) is 0 Å². The maximum Gasteiger partial charge on any atom is 0.226 e. The van der Waals surface area contributed by atoms with Gasteiger partial charge in [-0.2, -0.15) is 10.1 Å². The number of fused-ring (bicyclic) bond motifs is 1. The maximum absolute atomic E-state index is 12.5. The van der Waals surface area contributed by atoms with Gasteiger partial charge in [0.25, 0.3) is 0 Å². The summed E-state index contributed by atoms with van der Waals surface area (Å²) in [7, 11) is 0. The summed E-state index contributed by atoms with van der Waals surface area (Å²) in [5.74, 6) is 0.760. The highest BCUT2D eigenvalue weighted by Crippen LogP contribution is 2.41. The fourth-order valence-corrected chi connectivity index (χ4v) is 3.62. The van der Waals surface area contributed by atoms with Crippen molar-refractivity contribution in [1.29, 1.82) is 0 Å². The summed E-state index contributed by atoms with van der Waals surface area (Å²) in [6, 6.07) is 4.95. The highest BCUT2D eigenvalue weighted by Gasteiger charge is 2.36. The molecule has 1 atom stereocenters. The number of hydrogen-bond donors (Lipinski definition) is 1. The van der Waals surface area contributed by atoms with E-state index in [-0.39, 0.29) is 11.8 Å². The molecule has 22 heavy (non-hydrogen) atoms. The van der Waals surface area contributed by atoms with E-state index >= 15 is 0 Å². The van der Waals surface area contributed by atoms with Gasteiger partial charge in [0.2, 0.25) is 5.95 Å². The van der Waals surface area contributed by atoms with Crippen molar-refractivity contribution in [3.8, 4) is 0 Å². The Morgan fingerprint density at radius 1 is 1.27 bits per heavy atom. The van der Waals surface area contributed by atoms with Gasteiger partial charge in [-0.1, -0.05) is 29.3 Å². The van der Waals surface area contributed by atoms with Gasteiger partial charge in [0.05, 0.1) is 0 Å². The number of ketones is 1. The molecule has 2 heterocycles. The summed E-state index contributed by atoms with van der Waals surface area (Å²) < 4.78 is 1.71. The molecular formula is C15H12Cl2N4O. The normalized spacial score (nSPS) is 20.5. The summed E-state index contributed by atoms with van der Waals surface area (Å²) in [5.41, 5.74) is 2.46. The minimum absolute atomic E-state index is 0.130. The van der Waals surface area contributed by atoms with Crippen LogP contribution in [0.4, 0.5) is 5.95 Å². The zero-order chi connectivity index (χ0) is 15.3. The average molecular weight is 335 g/mol. The first-order valence-electron chi connectivity index (χ1n) is 7.03. The fourth-order valence-electron chi connectivity index (χ4n) is 3.11. The SMILES string of the molecule is O=C1CCCC2=C1[C@@H](c1ccc(Cl)cc1Cl)n1ncnc1N2. The third-order valence-corrected chi connectivity index (χ3v) is 4.63. The summed E-state index contributed by atoms with van der Waals surface area (Å²) in [6.07, 6.45) is 3.70. The number of anilines is 1. The van der Waals surface area contributed by atoms with Crippen molar-refractivity contribution in [2.75, 3.05) is 5.32 Å². The van der Waals surface area contributed by atoms with Crippen molar-refractivity contribution in [2.24, 2.45) is 0 Å². The number of aromatic nitrogens is 3. The van der Waals surface area contributed by atoms with Crippen molar-refractivity contribution in [2.45, 2.75) is 25.3 Å². The zero-order valence-corrected chi connectivity index (χ0v) is 13.0. The maximum atomic E-state index is 12.5. The molecule has 2 aromatic rings. The molecule has 0 saturated carbocycles. The van der Waals surface area contributed by atoms with Crippen LogP contribution in [-0.2, 0) is 4.79 Å². The molecule has 0 spiro atoms. The van der Waals surface area contributed by atoms with E-state index < -0.39 is 0 Å². The number of benzene rings is 1. The van der Waals surface area contributed by atoms with E-state index in [9.17, 15) is 4.79 Å². The van der Waals surface area contributed by atoms with Gasteiger partial charge in [-0.3, -0.25) is 4.79 Å². The largest absolute Gasteiger partial charge is 0.328 e. The Morgan fingerprint density at radius 3 is 2.95 bits per heavy atom. The molecular weight excluding hydrogens is 323 g/mol. The first-order chi connectivity index (χ1) is 10.6. The minimum atomic E-state index is -0.355. The van der Waals surface area contributed by atoms with E-state index in [1.54, 1.807) is 16.8 Å². The topological polar surface area (TPSA) is 59.8 Å². The molecule has 1 aliphatic heterocycles. The number of Topliss-reactive ketones (excluding diaryl/α,β-unsaturated/α-hetero) is 1. The molecule has 1 N–H and O–H groups in total. The van der Waals surface area contributed by atoms with Crippen LogP contribution < -0.4 is 5.32 Å². The summed E-state index contributed by atoms with van der Waals surface area (Å²) >= 11 is 12.4. The van der Waals surface area contributed by atoms with Gasteiger partial charge >= 0.3 is 0 Å². The Bertz CT molecular complexity index is 812. The second-order valence-electron chi connectivity index (χ2n) is 5.39. The van der Waals surface area contributed by atoms with Crippen molar-refractivity contribution in [1.82, 2.24) is 14.8 Å². The smallest absolute Gasteiger partial charge is 0.226 e. The Labute approximate surface area is 136 Å². The molecule has 0 unspecified atom stereocenters. The monoisotopic (exact) mass is 334 g/mol. The van der Waals surface area contributed by atoms with Crippen molar-refractivity contribution in [3.63, 3.8) is 0 Å². The van der Waals surface area contributed by atoms with E-state index in [4.69, 9.17) is 23.2 Å². The number of carbonyl (C=O) groups is 1. The van der Waals surface area contributed by atoms with Gasteiger partial charge in [-0.05, 0) is 25.0 Å². The quantitative estimate of drug-likeness (QED) is 0.865. The number of hydrogen-bond acceptors (Lipinski definition) is 4. The Morgan fingerprint density at radius 2 is 2.14 bits per heavy atom. The lowest BCUT2D eigenvalue weighted by Gasteiger charge is -2.32. The molecule has 0 fully saturated rings.